The molecule has 1 heterocycles. The fraction of sp³-hybridized carbons (Fsp3) is 0.280. The highest BCUT2D eigenvalue weighted by Gasteiger charge is 2.40. The number of carbonyl (C=O) groups is 4. The third-order valence-electron chi connectivity index (χ3n) is 5.87. The van der Waals surface area contributed by atoms with Crippen molar-refractivity contribution in [1.29, 1.82) is 0 Å². The Morgan fingerprint density at radius 1 is 1.00 bits per heavy atom. The number of nitrogens with one attached hydrogen (secondary N) is 1. The molecule has 1 saturated carbocycles. The monoisotopic (exact) mass is 448 g/mol. The van der Waals surface area contributed by atoms with Crippen LogP contribution in [0, 0.1) is 0 Å². The molecular formula is C25H24N2O6. The van der Waals surface area contributed by atoms with E-state index in [-0.39, 0.29) is 23.8 Å². The number of urea groups is 1. The summed E-state index contributed by atoms with van der Waals surface area (Å²) in [7, 11) is 0. The van der Waals surface area contributed by atoms with E-state index in [1.807, 2.05) is 0 Å². The molecule has 8 heteroatoms. The Kier molecular flexibility index (Phi) is 6.53. The van der Waals surface area contributed by atoms with Crippen LogP contribution >= 0.6 is 0 Å². The van der Waals surface area contributed by atoms with E-state index < -0.39 is 23.8 Å². The third-order valence-corrected chi connectivity index (χ3v) is 5.87. The molecule has 4 rings (SSSR count). The van der Waals surface area contributed by atoms with Crippen LogP contribution in [-0.4, -0.2) is 39.9 Å². The maximum Gasteiger partial charge on any atom is 0.335 e. The first-order chi connectivity index (χ1) is 15.9. The molecule has 2 aliphatic rings. The molecule has 1 aliphatic carbocycles. The molecule has 8 nitrogen and oxygen atoms in total. The Labute approximate surface area is 190 Å². The molecule has 0 unspecified atom stereocenters. The molecule has 2 aromatic rings. The Bertz CT molecular complexity index is 1100. The van der Waals surface area contributed by atoms with Crippen molar-refractivity contribution in [1.82, 2.24) is 10.2 Å². The number of barbiturate groups is 1. The van der Waals surface area contributed by atoms with Crippen molar-refractivity contribution in [2.75, 3.05) is 0 Å². The van der Waals surface area contributed by atoms with Crippen LogP contribution in [0.15, 0.2) is 54.1 Å². The maximum atomic E-state index is 13.0. The van der Waals surface area contributed by atoms with E-state index in [1.54, 1.807) is 36.4 Å². The fourth-order valence-corrected chi connectivity index (χ4v) is 4.08. The van der Waals surface area contributed by atoms with Crippen molar-refractivity contribution < 1.29 is 29.0 Å². The molecule has 1 saturated heterocycles. The predicted octanol–water partition coefficient (Wildman–Crippen LogP) is 3.76. The summed E-state index contributed by atoms with van der Waals surface area (Å²) in [6.45, 7) is 0.264. The second kappa shape index (κ2) is 9.68. The standard InChI is InChI=1S/C25H24N2O6/c28-22-21(23(29)27(25(32)26-22)19-4-2-1-3-5-19)14-16-8-12-20(13-9-16)33-15-17-6-10-18(11-7-17)24(30)31/h6-14,19H,1-5,15H2,(H,30,31)(H,26,28,32). The molecule has 0 radical (unpaired) electrons. The lowest BCUT2D eigenvalue weighted by molar-refractivity contribution is -0.132. The first kappa shape index (κ1) is 22.3. The number of imide groups is 2. The number of carbonyl (C=O) groups excluding carboxylic acids is 3. The Morgan fingerprint density at radius 3 is 2.30 bits per heavy atom. The van der Waals surface area contributed by atoms with E-state index in [9.17, 15) is 19.2 Å². The molecule has 0 atom stereocenters. The average molecular weight is 448 g/mol. The van der Waals surface area contributed by atoms with Crippen molar-refractivity contribution in [3.8, 4) is 5.75 Å². The van der Waals surface area contributed by atoms with Gasteiger partial charge < -0.3 is 9.84 Å². The molecule has 4 amide bonds. The summed E-state index contributed by atoms with van der Waals surface area (Å²) < 4.78 is 5.72. The van der Waals surface area contributed by atoms with Crippen LogP contribution in [-0.2, 0) is 16.2 Å². The summed E-state index contributed by atoms with van der Waals surface area (Å²) in [6, 6.07) is 12.5. The predicted molar refractivity (Wildman–Crippen MR) is 119 cm³/mol. The van der Waals surface area contributed by atoms with Crippen molar-refractivity contribution >= 4 is 29.9 Å². The topological polar surface area (TPSA) is 113 Å². The number of ether oxygens (including phenoxy) is 1. The van der Waals surface area contributed by atoms with Crippen LogP contribution < -0.4 is 10.1 Å². The van der Waals surface area contributed by atoms with Gasteiger partial charge in [-0.1, -0.05) is 43.5 Å². The minimum atomic E-state index is -0.983. The van der Waals surface area contributed by atoms with Gasteiger partial charge >= 0.3 is 12.0 Å². The van der Waals surface area contributed by atoms with Gasteiger partial charge in [0, 0.05) is 6.04 Å². The Morgan fingerprint density at radius 2 is 1.67 bits per heavy atom. The normalized spacial score (nSPS) is 18.4. The molecule has 0 spiro atoms. The number of aromatic carboxylic acids is 1. The van der Waals surface area contributed by atoms with Gasteiger partial charge in [-0.15, -0.1) is 0 Å². The minimum Gasteiger partial charge on any atom is -0.489 e. The summed E-state index contributed by atoms with van der Waals surface area (Å²) in [5.74, 6) is -1.65. The molecule has 2 aromatic carbocycles. The number of carboxylic acids is 1. The lowest BCUT2D eigenvalue weighted by atomic mass is 9.93. The third kappa shape index (κ3) is 5.11. The molecule has 170 valence electrons. The Balaban J connectivity index is 1.43. The van der Waals surface area contributed by atoms with E-state index in [1.165, 1.54) is 23.1 Å². The second-order valence-electron chi connectivity index (χ2n) is 8.14. The van der Waals surface area contributed by atoms with Crippen LogP contribution in [0.5, 0.6) is 5.75 Å². The number of carboxylic acid groups (broad SMARTS) is 1. The average Bonchev–Trinajstić information content (AvgIpc) is 2.82. The lowest BCUT2D eigenvalue weighted by Gasteiger charge is -2.35. The number of benzene rings is 2. The molecule has 0 bridgehead atoms. The number of nitrogens with zero attached hydrogens (tertiary/aromatic N) is 1. The summed E-state index contributed by atoms with van der Waals surface area (Å²) >= 11 is 0. The van der Waals surface area contributed by atoms with Crippen LogP contribution in [0.3, 0.4) is 0 Å². The van der Waals surface area contributed by atoms with E-state index in [2.05, 4.69) is 5.32 Å². The van der Waals surface area contributed by atoms with Crippen molar-refractivity contribution in [3.63, 3.8) is 0 Å². The van der Waals surface area contributed by atoms with Gasteiger partial charge in [0.25, 0.3) is 11.8 Å². The number of hydrogen-bond acceptors (Lipinski definition) is 5. The van der Waals surface area contributed by atoms with Gasteiger partial charge in [-0.2, -0.15) is 0 Å². The minimum absolute atomic E-state index is 0.0626. The Hall–Kier alpha value is -3.94. The maximum absolute atomic E-state index is 13.0. The molecule has 1 aliphatic heterocycles. The summed E-state index contributed by atoms with van der Waals surface area (Å²) in [5, 5.41) is 11.2. The van der Waals surface area contributed by atoms with Gasteiger partial charge in [0.2, 0.25) is 0 Å². The lowest BCUT2D eigenvalue weighted by Crippen LogP contribution is -2.58. The zero-order chi connectivity index (χ0) is 23.4. The van der Waals surface area contributed by atoms with Crippen LogP contribution in [0.2, 0.25) is 0 Å². The fourth-order valence-electron chi connectivity index (χ4n) is 4.08. The summed E-state index contributed by atoms with van der Waals surface area (Å²) in [5.41, 5.74) is 1.60. The highest BCUT2D eigenvalue weighted by atomic mass is 16.5. The van der Waals surface area contributed by atoms with E-state index in [0.717, 1.165) is 37.7 Å². The zero-order valence-corrected chi connectivity index (χ0v) is 18.0. The van der Waals surface area contributed by atoms with Gasteiger partial charge in [0.05, 0.1) is 5.56 Å². The molecule has 33 heavy (non-hydrogen) atoms. The van der Waals surface area contributed by atoms with Crippen molar-refractivity contribution in [3.05, 3.63) is 70.8 Å². The molecule has 2 fully saturated rings. The quantitative estimate of drug-likeness (QED) is 0.514. The molecule has 0 aromatic heterocycles. The van der Waals surface area contributed by atoms with E-state index in [4.69, 9.17) is 9.84 Å². The van der Waals surface area contributed by atoms with Gasteiger partial charge in [-0.05, 0) is 54.3 Å². The van der Waals surface area contributed by atoms with E-state index >= 15 is 0 Å². The number of rotatable bonds is 6. The van der Waals surface area contributed by atoms with Crippen LogP contribution in [0.25, 0.3) is 6.08 Å². The van der Waals surface area contributed by atoms with Crippen LogP contribution in [0.4, 0.5) is 4.79 Å². The zero-order valence-electron chi connectivity index (χ0n) is 18.0. The van der Waals surface area contributed by atoms with Crippen molar-refractivity contribution in [2.24, 2.45) is 0 Å². The van der Waals surface area contributed by atoms with Crippen molar-refractivity contribution in [2.45, 2.75) is 44.8 Å². The second-order valence-corrected chi connectivity index (χ2v) is 8.14. The largest absolute Gasteiger partial charge is 0.489 e. The smallest absolute Gasteiger partial charge is 0.335 e. The highest BCUT2D eigenvalue weighted by Crippen LogP contribution is 2.26. The summed E-state index contributed by atoms with van der Waals surface area (Å²) in [6.07, 6.45) is 6.00. The van der Waals surface area contributed by atoms with Gasteiger partial charge in [0.1, 0.15) is 17.9 Å². The van der Waals surface area contributed by atoms with E-state index in [0.29, 0.717) is 11.3 Å². The highest BCUT2D eigenvalue weighted by molar-refractivity contribution is 6.31. The van der Waals surface area contributed by atoms with Gasteiger partial charge in [-0.3, -0.25) is 19.8 Å². The van der Waals surface area contributed by atoms with Gasteiger partial charge in [-0.25, -0.2) is 9.59 Å². The summed E-state index contributed by atoms with van der Waals surface area (Å²) in [4.78, 5) is 49.7. The number of hydrogen-bond donors (Lipinski definition) is 2. The first-order valence-electron chi connectivity index (χ1n) is 10.9. The first-order valence-corrected chi connectivity index (χ1v) is 10.9. The van der Waals surface area contributed by atoms with Gasteiger partial charge in [0.15, 0.2) is 0 Å². The number of amides is 4. The molecular weight excluding hydrogens is 424 g/mol. The molecule has 2 N–H and O–H groups in total. The van der Waals surface area contributed by atoms with Crippen LogP contribution in [0.1, 0.15) is 53.6 Å². The SMILES string of the molecule is O=C1NC(=O)N(C2CCCCC2)C(=O)C1=Cc1ccc(OCc2ccc(C(=O)O)cc2)cc1.